The second-order valence-electron chi connectivity index (χ2n) is 20.0. The van der Waals surface area contributed by atoms with Gasteiger partial charge in [-0.15, -0.1) is 0 Å². The summed E-state index contributed by atoms with van der Waals surface area (Å²) in [7, 11) is 0. The lowest BCUT2D eigenvalue weighted by atomic mass is 9.43. The molecule has 0 fully saturated rings. The molecule has 0 aliphatic heterocycles. The van der Waals surface area contributed by atoms with Crippen LogP contribution in [-0.2, 0) is 21.7 Å². The zero-order valence-corrected chi connectivity index (χ0v) is 39.8. The molecular weight excluding hydrogens is 831 g/mol. The summed E-state index contributed by atoms with van der Waals surface area (Å²) in [5.74, 6) is 0. The SMILES string of the molecule is CC1(C)c2ccccc2-c2cc(N(c3ccccc3)c3cccc(-c4ccc5c(c4)-c4ccccc4C(c4ccccc4)(c4ccccc4)C5(c4ccccc4)c4ccccc4)c3)ccc2C1(C)C. The standard InChI is InChI=1S/C68H55N/c1-65(2)61-39-22-20-37-57(61)60-47-56(42-44-62(60)66(65,3)4)69(54-34-18-9-19-35-54)55-36-24-25-48(45-55)49-41-43-64-59(46-49)58-38-21-23-40-63(58)67(50-26-10-5-11-27-50,51-28-12-6-13-29-51)68(64,52-30-14-7-15-31-52)53-32-16-8-17-33-53/h5-47H,1-4H3. The van der Waals surface area contributed by atoms with E-state index < -0.39 is 10.8 Å². The molecule has 0 unspecified atom stereocenters. The summed E-state index contributed by atoms with van der Waals surface area (Å²) in [6.07, 6.45) is 0. The first-order valence-electron chi connectivity index (χ1n) is 24.4. The van der Waals surface area contributed by atoms with Crippen LogP contribution in [0.5, 0.6) is 0 Å². The van der Waals surface area contributed by atoms with E-state index in [4.69, 9.17) is 0 Å². The van der Waals surface area contributed by atoms with Gasteiger partial charge in [-0.2, -0.15) is 0 Å². The normalized spacial score (nSPS) is 15.4. The van der Waals surface area contributed by atoms with E-state index in [1.165, 1.54) is 72.3 Å². The molecule has 12 rings (SSSR count). The Kier molecular flexibility index (Phi) is 10.0. The van der Waals surface area contributed by atoms with Crippen molar-refractivity contribution in [1.29, 1.82) is 0 Å². The molecule has 0 aromatic heterocycles. The number of anilines is 3. The maximum Gasteiger partial charge on any atom is 0.0635 e. The number of nitrogens with zero attached hydrogens (tertiary/aromatic N) is 1. The van der Waals surface area contributed by atoms with Crippen molar-refractivity contribution in [3.63, 3.8) is 0 Å². The molecule has 10 aromatic rings. The molecule has 0 N–H and O–H groups in total. The van der Waals surface area contributed by atoms with Crippen LogP contribution >= 0.6 is 0 Å². The van der Waals surface area contributed by atoms with Gasteiger partial charge in [-0.25, -0.2) is 0 Å². The summed E-state index contributed by atoms with van der Waals surface area (Å²) >= 11 is 0. The van der Waals surface area contributed by atoms with Crippen molar-refractivity contribution in [1.82, 2.24) is 0 Å². The van der Waals surface area contributed by atoms with Crippen LogP contribution in [0.4, 0.5) is 17.1 Å². The minimum Gasteiger partial charge on any atom is -0.310 e. The van der Waals surface area contributed by atoms with E-state index in [1.807, 2.05) is 0 Å². The lowest BCUT2D eigenvalue weighted by Gasteiger charge is -2.57. The Hall–Kier alpha value is -8.00. The van der Waals surface area contributed by atoms with Crippen LogP contribution < -0.4 is 4.90 Å². The Balaban J connectivity index is 1.09. The lowest BCUT2D eigenvalue weighted by molar-refractivity contribution is 0.299. The maximum atomic E-state index is 2.47. The molecule has 69 heavy (non-hydrogen) atoms. The van der Waals surface area contributed by atoms with Gasteiger partial charge in [0, 0.05) is 17.1 Å². The molecule has 0 atom stereocenters. The van der Waals surface area contributed by atoms with Crippen LogP contribution in [0.3, 0.4) is 0 Å². The number of hydrogen-bond donors (Lipinski definition) is 0. The third-order valence-corrected chi connectivity index (χ3v) is 16.3. The fraction of sp³-hybridized carbons (Fsp3) is 0.118. The number of rotatable bonds is 8. The first kappa shape index (κ1) is 42.4. The number of para-hydroxylation sites is 1. The van der Waals surface area contributed by atoms with Crippen LogP contribution in [0, 0.1) is 0 Å². The van der Waals surface area contributed by atoms with Gasteiger partial charge in [-0.3, -0.25) is 0 Å². The highest BCUT2D eigenvalue weighted by Crippen LogP contribution is 2.66. The average Bonchev–Trinajstić information content (AvgIpc) is 3.41. The summed E-state index contributed by atoms with van der Waals surface area (Å²) in [5, 5.41) is 0. The molecule has 0 spiro atoms. The average molecular weight is 886 g/mol. The van der Waals surface area contributed by atoms with E-state index in [-0.39, 0.29) is 10.8 Å². The highest BCUT2D eigenvalue weighted by Gasteiger charge is 2.61. The monoisotopic (exact) mass is 885 g/mol. The summed E-state index contributed by atoms with van der Waals surface area (Å²) in [4.78, 5) is 2.43. The van der Waals surface area contributed by atoms with E-state index in [1.54, 1.807) is 0 Å². The van der Waals surface area contributed by atoms with Crippen molar-refractivity contribution < 1.29 is 0 Å². The summed E-state index contributed by atoms with van der Waals surface area (Å²) in [5.41, 5.74) is 19.7. The van der Waals surface area contributed by atoms with E-state index in [9.17, 15) is 0 Å². The minimum atomic E-state index is -0.693. The zero-order chi connectivity index (χ0) is 46.8. The predicted molar refractivity (Wildman–Crippen MR) is 289 cm³/mol. The smallest absolute Gasteiger partial charge is 0.0635 e. The minimum absolute atomic E-state index is 0.0343. The molecular formula is C68H55N. The Labute approximate surface area is 408 Å². The highest BCUT2D eigenvalue weighted by molar-refractivity contribution is 5.90. The summed E-state index contributed by atoms with van der Waals surface area (Å²) < 4.78 is 0. The van der Waals surface area contributed by atoms with Crippen molar-refractivity contribution in [3.05, 3.63) is 305 Å². The molecule has 1 heteroatoms. The van der Waals surface area contributed by atoms with Gasteiger partial charge in [-0.05, 0) is 131 Å². The zero-order valence-electron chi connectivity index (χ0n) is 39.8. The predicted octanol–water partition coefficient (Wildman–Crippen LogP) is 17.4. The summed E-state index contributed by atoms with van der Waals surface area (Å²) in [6.45, 7) is 9.61. The molecule has 0 amide bonds. The first-order valence-corrected chi connectivity index (χ1v) is 24.4. The van der Waals surface area contributed by atoms with Crippen molar-refractivity contribution in [2.24, 2.45) is 0 Å². The number of hydrogen-bond acceptors (Lipinski definition) is 1. The molecule has 1 nitrogen and oxygen atoms in total. The van der Waals surface area contributed by atoms with E-state index in [0.717, 1.165) is 22.6 Å². The second-order valence-corrected chi connectivity index (χ2v) is 20.0. The molecule has 0 bridgehead atoms. The van der Waals surface area contributed by atoms with Gasteiger partial charge in [0.05, 0.1) is 10.8 Å². The van der Waals surface area contributed by atoms with Crippen LogP contribution in [-0.4, -0.2) is 0 Å². The molecule has 0 radical (unpaired) electrons. The van der Waals surface area contributed by atoms with Crippen molar-refractivity contribution in [2.45, 2.75) is 49.4 Å². The maximum absolute atomic E-state index is 2.47. The van der Waals surface area contributed by atoms with Crippen LogP contribution in [0.15, 0.2) is 261 Å². The van der Waals surface area contributed by atoms with E-state index in [0.29, 0.717) is 0 Å². The highest BCUT2D eigenvalue weighted by atomic mass is 15.1. The molecule has 0 saturated heterocycles. The second kappa shape index (κ2) is 16.4. The Bertz CT molecular complexity index is 3400. The first-order chi connectivity index (χ1) is 33.8. The number of fused-ring (bicyclic) bond motifs is 6. The number of benzene rings is 10. The van der Waals surface area contributed by atoms with Gasteiger partial charge in [0.25, 0.3) is 0 Å². The Morgan fingerprint density at radius 2 is 0.609 bits per heavy atom. The summed E-state index contributed by atoms with van der Waals surface area (Å²) in [6, 6.07) is 97.6. The molecule has 0 heterocycles. The van der Waals surface area contributed by atoms with Gasteiger partial charge < -0.3 is 4.90 Å². The largest absolute Gasteiger partial charge is 0.310 e. The van der Waals surface area contributed by atoms with Gasteiger partial charge in [0.15, 0.2) is 0 Å². The van der Waals surface area contributed by atoms with Crippen LogP contribution in [0.25, 0.3) is 33.4 Å². The van der Waals surface area contributed by atoms with Crippen LogP contribution in [0.1, 0.15) is 72.2 Å². The molecule has 2 aliphatic carbocycles. The molecule has 2 aliphatic rings. The Morgan fingerprint density at radius 1 is 0.246 bits per heavy atom. The molecule has 332 valence electrons. The fourth-order valence-corrected chi connectivity index (χ4v) is 12.5. The molecule has 10 aromatic carbocycles. The van der Waals surface area contributed by atoms with Gasteiger partial charge in [-0.1, -0.05) is 246 Å². The third kappa shape index (κ3) is 6.23. The van der Waals surface area contributed by atoms with Gasteiger partial charge in [0.1, 0.15) is 0 Å². The quantitative estimate of drug-likeness (QED) is 0.147. The Morgan fingerprint density at radius 3 is 1.14 bits per heavy atom. The third-order valence-electron chi connectivity index (χ3n) is 16.3. The van der Waals surface area contributed by atoms with Gasteiger partial charge >= 0.3 is 0 Å². The van der Waals surface area contributed by atoms with Crippen molar-refractivity contribution in [2.75, 3.05) is 4.90 Å². The van der Waals surface area contributed by atoms with E-state index in [2.05, 4.69) is 293 Å². The fourth-order valence-electron chi connectivity index (χ4n) is 12.5. The topological polar surface area (TPSA) is 3.24 Å². The van der Waals surface area contributed by atoms with Crippen molar-refractivity contribution >= 4 is 17.1 Å². The lowest BCUT2D eigenvalue weighted by Crippen LogP contribution is -2.54. The van der Waals surface area contributed by atoms with E-state index >= 15 is 0 Å². The van der Waals surface area contributed by atoms with Crippen molar-refractivity contribution in [3.8, 4) is 33.4 Å². The van der Waals surface area contributed by atoms with Crippen LogP contribution in [0.2, 0.25) is 0 Å². The van der Waals surface area contributed by atoms with Gasteiger partial charge in [0.2, 0.25) is 0 Å². The molecule has 0 saturated carbocycles.